The highest BCUT2D eigenvalue weighted by Gasteiger charge is 2.40. The molecule has 0 aromatic carbocycles. The van der Waals surface area contributed by atoms with Crippen molar-refractivity contribution in [2.75, 3.05) is 46.1 Å². The van der Waals surface area contributed by atoms with Crippen molar-refractivity contribution < 1.29 is 19.1 Å². The van der Waals surface area contributed by atoms with Crippen LogP contribution >= 0.6 is 12.4 Å². The Labute approximate surface area is 143 Å². The Morgan fingerprint density at radius 2 is 1.74 bits per heavy atom. The van der Waals surface area contributed by atoms with Crippen molar-refractivity contribution >= 4 is 24.2 Å². The third-order valence-electron chi connectivity index (χ3n) is 4.66. The van der Waals surface area contributed by atoms with Crippen LogP contribution in [0.2, 0.25) is 0 Å². The lowest BCUT2D eigenvalue weighted by Gasteiger charge is -2.36. The first kappa shape index (κ1) is 20.2. The molecule has 0 bridgehead atoms. The fourth-order valence-electron chi connectivity index (χ4n) is 2.94. The molecule has 134 valence electrons. The number of ether oxygens (including phenoxy) is 2. The molecular formula is C15H28ClN3O4. The number of carbonyl (C=O) groups is 2. The van der Waals surface area contributed by atoms with E-state index in [1.165, 1.54) is 0 Å². The summed E-state index contributed by atoms with van der Waals surface area (Å²) in [6.07, 6.45) is 1.79. The van der Waals surface area contributed by atoms with Crippen LogP contribution in [0.3, 0.4) is 0 Å². The number of hydrogen-bond acceptors (Lipinski definition) is 5. The molecule has 0 aromatic rings. The number of carbonyl (C=O) groups excluding carboxylic acids is 2. The number of morpholine rings is 1. The second-order valence-electron chi connectivity index (χ2n) is 5.97. The molecule has 1 atom stereocenters. The average molecular weight is 350 g/mol. The maximum atomic E-state index is 12.7. The molecule has 23 heavy (non-hydrogen) atoms. The summed E-state index contributed by atoms with van der Waals surface area (Å²) in [5.74, 6) is -0.148. The van der Waals surface area contributed by atoms with Crippen LogP contribution in [0.25, 0.3) is 0 Å². The Balaban J connectivity index is 0.00000264. The van der Waals surface area contributed by atoms with Gasteiger partial charge in [-0.3, -0.25) is 9.59 Å². The van der Waals surface area contributed by atoms with E-state index in [2.05, 4.69) is 5.32 Å². The summed E-state index contributed by atoms with van der Waals surface area (Å²) >= 11 is 0. The van der Waals surface area contributed by atoms with Crippen LogP contribution in [0.15, 0.2) is 0 Å². The lowest BCUT2D eigenvalue weighted by atomic mass is 9.79. The third-order valence-corrected chi connectivity index (χ3v) is 4.66. The number of nitrogens with two attached hydrogens (primary N) is 1. The zero-order valence-corrected chi connectivity index (χ0v) is 14.5. The van der Waals surface area contributed by atoms with Crippen molar-refractivity contribution in [1.82, 2.24) is 10.2 Å². The van der Waals surface area contributed by atoms with Gasteiger partial charge in [0, 0.05) is 32.8 Å². The summed E-state index contributed by atoms with van der Waals surface area (Å²) in [6.45, 7) is 5.55. The van der Waals surface area contributed by atoms with E-state index in [0.717, 1.165) is 0 Å². The van der Waals surface area contributed by atoms with Crippen molar-refractivity contribution in [1.29, 1.82) is 0 Å². The zero-order valence-electron chi connectivity index (χ0n) is 13.7. The van der Waals surface area contributed by atoms with Gasteiger partial charge in [-0.1, -0.05) is 6.92 Å². The van der Waals surface area contributed by atoms with Gasteiger partial charge in [-0.25, -0.2) is 0 Å². The van der Waals surface area contributed by atoms with E-state index >= 15 is 0 Å². The molecule has 0 spiro atoms. The van der Waals surface area contributed by atoms with E-state index in [0.29, 0.717) is 58.8 Å². The number of rotatable bonds is 5. The molecule has 2 aliphatic heterocycles. The van der Waals surface area contributed by atoms with Crippen LogP contribution in [0.5, 0.6) is 0 Å². The quantitative estimate of drug-likeness (QED) is 0.724. The monoisotopic (exact) mass is 349 g/mol. The molecule has 0 aromatic heterocycles. The van der Waals surface area contributed by atoms with Crippen LogP contribution in [-0.2, 0) is 19.1 Å². The van der Waals surface area contributed by atoms with Crippen LogP contribution in [0.1, 0.15) is 26.2 Å². The van der Waals surface area contributed by atoms with Crippen molar-refractivity contribution in [2.45, 2.75) is 32.2 Å². The highest BCUT2D eigenvalue weighted by Crippen LogP contribution is 2.29. The smallest absolute Gasteiger partial charge is 0.245 e. The molecule has 1 unspecified atom stereocenters. The number of hydrogen-bond donors (Lipinski definition) is 2. The largest absolute Gasteiger partial charge is 0.381 e. The topological polar surface area (TPSA) is 93.9 Å². The number of amides is 2. The average Bonchev–Trinajstić information content (AvgIpc) is 2.60. The molecule has 2 rings (SSSR count). The van der Waals surface area contributed by atoms with E-state index in [1.54, 1.807) is 4.90 Å². The summed E-state index contributed by atoms with van der Waals surface area (Å²) < 4.78 is 10.6. The molecule has 7 nitrogen and oxygen atoms in total. The van der Waals surface area contributed by atoms with Gasteiger partial charge in [-0.15, -0.1) is 12.4 Å². The number of nitrogens with zero attached hydrogens (tertiary/aromatic N) is 1. The summed E-state index contributed by atoms with van der Waals surface area (Å²) in [7, 11) is 0. The molecule has 2 fully saturated rings. The second-order valence-corrected chi connectivity index (χ2v) is 5.97. The lowest BCUT2D eigenvalue weighted by Crippen LogP contribution is -2.56. The number of halogens is 1. The SMILES string of the molecule is CCC(NC(=O)C1(CN)CCOCC1)C(=O)N1CCOCC1.Cl. The Hall–Kier alpha value is -0.890. The van der Waals surface area contributed by atoms with Gasteiger partial charge in [-0.05, 0) is 19.3 Å². The molecule has 0 radical (unpaired) electrons. The van der Waals surface area contributed by atoms with E-state index in [-0.39, 0.29) is 30.8 Å². The van der Waals surface area contributed by atoms with Crippen LogP contribution in [-0.4, -0.2) is 68.8 Å². The summed E-state index contributed by atoms with van der Waals surface area (Å²) in [5, 5.41) is 2.92. The van der Waals surface area contributed by atoms with Gasteiger partial charge < -0.3 is 25.4 Å². The molecule has 0 saturated carbocycles. The predicted molar refractivity (Wildman–Crippen MR) is 88.4 cm³/mol. The molecule has 2 heterocycles. The highest BCUT2D eigenvalue weighted by atomic mass is 35.5. The van der Waals surface area contributed by atoms with E-state index in [1.807, 2.05) is 6.92 Å². The normalized spacial score (nSPS) is 21.9. The van der Waals surface area contributed by atoms with Crippen LogP contribution < -0.4 is 11.1 Å². The zero-order chi connectivity index (χ0) is 16.0. The van der Waals surface area contributed by atoms with Crippen molar-refractivity contribution in [2.24, 2.45) is 11.1 Å². The van der Waals surface area contributed by atoms with Gasteiger partial charge in [-0.2, -0.15) is 0 Å². The van der Waals surface area contributed by atoms with E-state index in [4.69, 9.17) is 15.2 Å². The maximum absolute atomic E-state index is 12.7. The van der Waals surface area contributed by atoms with Crippen LogP contribution in [0.4, 0.5) is 0 Å². The minimum atomic E-state index is -0.600. The number of nitrogens with one attached hydrogen (secondary N) is 1. The Morgan fingerprint density at radius 1 is 1.17 bits per heavy atom. The standard InChI is InChI=1S/C15H27N3O4.ClH/c1-2-12(13(19)18-5-9-22-10-6-18)17-14(20)15(11-16)3-7-21-8-4-15;/h12H,2-11,16H2,1H3,(H,17,20);1H. The minimum Gasteiger partial charge on any atom is -0.381 e. The van der Waals surface area contributed by atoms with Crippen molar-refractivity contribution in [3.8, 4) is 0 Å². The van der Waals surface area contributed by atoms with E-state index in [9.17, 15) is 9.59 Å². The molecule has 3 N–H and O–H groups in total. The maximum Gasteiger partial charge on any atom is 0.245 e. The van der Waals surface area contributed by atoms with E-state index < -0.39 is 11.5 Å². The van der Waals surface area contributed by atoms with Gasteiger partial charge in [0.25, 0.3) is 0 Å². The first-order valence-corrected chi connectivity index (χ1v) is 8.08. The molecule has 2 aliphatic rings. The Morgan fingerprint density at radius 3 is 2.26 bits per heavy atom. The fourth-order valence-corrected chi connectivity index (χ4v) is 2.94. The molecule has 0 aliphatic carbocycles. The predicted octanol–water partition coefficient (Wildman–Crippen LogP) is -0.0827. The van der Waals surface area contributed by atoms with Crippen LogP contribution in [0, 0.1) is 5.41 Å². The first-order chi connectivity index (χ1) is 10.6. The first-order valence-electron chi connectivity index (χ1n) is 8.08. The molecule has 8 heteroatoms. The van der Waals surface area contributed by atoms with Gasteiger partial charge in [0.05, 0.1) is 18.6 Å². The van der Waals surface area contributed by atoms with Gasteiger partial charge >= 0.3 is 0 Å². The lowest BCUT2D eigenvalue weighted by molar-refractivity contribution is -0.144. The minimum absolute atomic E-state index is 0. The second kappa shape index (κ2) is 9.42. The summed E-state index contributed by atoms with van der Waals surface area (Å²) in [6, 6.07) is -0.489. The Bertz CT molecular complexity index is 396. The van der Waals surface area contributed by atoms with Gasteiger partial charge in [0.1, 0.15) is 6.04 Å². The molecule has 2 saturated heterocycles. The van der Waals surface area contributed by atoms with Gasteiger partial charge in [0.15, 0.2) is 0 Å². The summed E-state index contributed by atoms with van der Waals surface area (Å²) in [5.41, 5.74) is 5.25. The molecule has 2 amide bonds. The molecular weight excluding hydrogens is 322 g/mol. The highest BCUT2D eigenvalue weighted by molar-refractivity contribution is 5.90. The van der Waals surface area contributed by atoms with Crippen molar-refractivity contribution in [3.05, 3.63) is 0 Å². The van der Waals surface area contributed by atoms with Gasteiger partial charge in [0.2, 0.25) is 11.8 Å². The fraction of sp³-hybridized carbons (Fsp3) is 0.867. The van der Waals surface area contributed by atoms with Crippen molar-refractivity contribution in [3.63, 3.8) is 0 Å². The Kier molecular flexibility index (Phi) is 8.25. The third kappa shape index (κ3) is 4.79. The summed E-state index contributed by atoms with van der Waals surface area (Å²) in [4.78, 5) is 27.0.